The third-order valence-electron chi connectivity index (χ3n) is 5.80. The second-order valence-electron chi connectivity index (χ2n) is 6.97. The van der Waals surface area contributed by atoms with Crippen LogP contribution in [0, 0.1) is 0 Å². The Morgan fingerprint density at radius 1 is 0.815 bits per heavy atom. The number of rotatable bonds is 4. The van der Waals surface area contributed by atoms with E-state index in [2.05, 4.69) is 30.1 Å². The molecule has 1 atom stereocenters. The second-order valence-corrected chi connectivity index (χ2v) is 6.97. The number of ether oxygens (including phenoxy) is 4. The lowest BCUT2D eigenvalue weighted by Gasteiger charge is -2.38. The summed E-state index contributed by atoms with van der Waals surface area (Å²) in [6.45, 7) is 5.35. The fraction of sp³-hybridized carbons (Fsp3) is 0.364. The molecule has 1 heterocycles. The summed E-state index contributed by atoms with van der Waals surface area (Å²) in [5.74, 6) is 2.96. The average molecular weight is 367 g/mol. The van der Waals surface area contributed by atoms with Gasteiger partial charge in [0.15, 0.2) is 23.0 Å². The molecule has 1 N–H and O–H groups in total. The molecule has 1 aliphatic carbocycles. The van der Waals surface area contributed by atoms with Crippen LogP contribution in [0.25, 0.3) is 5.57 Å². The lowest BCUT2D eigenvalue weighted by molar-refractivity contribution is 0.348. The van der Waals surface area contributed by atoms with E-state index in [0.717, 1.165) is 53.5 Å². The van der Waals surface area contributed by atoms with Gasteiger partial charge in [0, 0.05) is 6.54 Å². The molecule has 0 radical (unpaired) electrons. The highest BCUT2D eigenvalue weighted by Crippen LogP contribution is 2.52. The van der Waals surface area contributed by atoms with Crippen molar-refractivity contribution in [3.05, 3.63) is 53.1 Å². The molecule has 1 aliphatic heterocycles. The van der Waals surface area contributed by atoms with Crippen LogP contribution in [0.5, 0.6) is 23.0 Å². The monoisotopic (exact) mass is 367 g/mol. The van der Waals surface area contributed by atoms with Crippen LogP contribution >= 0.6 is 0 Å². The molecule has 0 aromatic heterocycles. The Bertz CT molecular complexity index is 921. The van der Waals surface area contributed by atoms with Crippen molar-refractivity contribution in [3.63, 3.8) is 0 Å². The highest BCUT2D eigenvalue weighted by atomic mass is 16.5. The van der Waals surface area contributed by atoms with Crippen LogP contribution < -0.4 is 24.3 Å². The Morgan fingerprint density at radius 3 is 2.00 bits per heavy atom. The van der Waals surface area contributed by atoms with Gasteiger partial charge in [-0.15, -0.1) is 0 Å². The predicted octanol–water partition coefficient (Wildman–Crippen LogP) is 3.33. The lowest BCUT2D eigenvalue weighted by atomic mass is 9.77. The van der Waals surface area contributed by atoms with E-state index in [1.807, 2.05) is 6.07 Å². The van der Waals surface area contributed by atoms with Gasteiger partial charge in [0.1, 0.15) is 0 Å². The normalized spacial score (nSPS) is 20.2. The molecule has 0 saturated carbocycles. The van der Waals surface area contributed by atoms with Crippen molar-refractivity contribution in [1.29, 1.82) is 0 Å². The maximum absolute atomic E-state index is 5.57. The Hall–Kier alpha value is -2.66. The fourth-order valence-electron chi connectivity index (χ4n) is 4.43. The zero-order valence-corrected chi connectivity index (χ0v) is 16.3. The highest BCUT2D eigenvalue weighted by Gasteiger charge is 2.45. The molecule has 5 nitrogen and oxygen atoms in total. The first-order valence-corrected chi connectivity index (χ1v) is 9.03. The van der Waals surface area contributed by atoms with Crippen molar-refractivity contribution in [2.24, 2.45) is 0 Å². The summed E-state index contributed by atoms with van der Waals surface area (Å²) >= 11 is 0. The molecular formula is C22H25NO4. The second kappa shape index (κ2) is 6.50. The molecule has 1 spiro atoms. The van der Waals surface area contributed by atoms with Crippen LogP contribution in [0.15, 0.2) is 30.8 Å². The average Bonchev–Trinajstić information content (AvgIpc) is 2.97. The van der Waals surface area contributed by atoms with Crippen molar-refractivity contribution in [3.8, 4) is 23.0 Å². The summed E-state index contributed by atoms with van der Waals surface area (Å²) in [6, 6.07) is 8.27. The Balaban J connectivity index is 1.87. The van der Waals surface area contributed by atoms with Gasteiger partial charge >= 0.3 is 0 Å². The topological polar surface area (TPSA) is 49.0 Å². The van der Waals surface area contributed by atoms with E-state index in [0.29, 0.717) is 0 Å². The molecule has 0 fully saturated rings. The van der Waals surface area contributed by atoms with Crippen LogP contribution in [0.3, 0.4) is 0 Å². The smallest absolute Gasteiger partial charge is 0.161 e. The van der Waals surface area contributed by atoms with E-state index >= 15 is 0 Å². The molecule has 0 bridgehead atoms. The van der Waals surface area contributed by atoms with Gasteiger partial charge in [0.2, 0.25) is 0 Å². The van der Waals surface area contributed by atoms with Gasteiger partial charge in [-0.3, -0.25) is 0 Å². The molecule has 27 heavy (non-hydrogen) atoms. The molecule has 4 rings (SSSR count). The highest BCUT2D eigenvalue weighted by molar-refractivity contribution is 5.83. The number of fused-ring (bicyclic) bond motifs is 3. The minimum Gasteiger partial charge on any atom is -0.493 e. The largest absolute Gasteiger partial charge is 0.493 e. The van der Waals surface area contributed by atoms with E-state index in [1.54, 1.807) is 28.4 Å². The zero-order valence-electron chi connectivity index (χ0n) is 16.3. The van der Waals surface area contributed by atoms with Crippen LogP contribution in [0.4, 0.5) is 0 Å². The summed E-state index contributed by atoms with van der Waals surface area (Å²) in [4.78, 5) is 0. The predicted molar refractivity (Wildman–Crippen MR) is 105 cm³/mol. The summed E-state index contributed by atoms with van der Waals surface area (Å²) in [7, 11) is 6.66. The quantitative estimate of drug-likeness (QED) is 0.898. The summed E-state index contributed by atoms with van der Waals surface area (Å²) in [6.07, 6.45) is 1.75. The number of methoxy groups -OCH3 is 4. The van der Waals surface area contributed by atoms with E-state index in [9.17, 15) is 0 Å². The van der Waals surface area contributed by atoms with Gasteiger partial charge in [-0.1, -0.05) is 6.58 Å². The number of benzene rings is 2. The maximum Gasteiger partial charge on any atom is 0.161 e. The zero-order chi connectivity index (χ0) is 19.2. The summed E-state index contributed by atoms with van der Waals surface area (Å²) in [5.41, 5.74) is 5.47. The Labute approximate surface area is 159 Å². The van der Waals surface area contributed by atoms with E-state index in [1.165, 1.54) is 16.7 Å². The molecule has 0 amide bonds. The van der Waals surface area contributed by atoms with Crippen LogP contribution in [-0.4, -0.2) is 35.0 Å². The van der Waals surface area contributed by atoms with Crippen molar-refractivity contribution >= 4 is 5.57 Å². The number of hydrogen-bond donors (Lipinski definition) is 1. The van der Waals surface area contributed by atoms with Crippen molar-refractivity contribution in [1.82, 2.24) is 5.32 Å². The SMILES string of the molecule is C=C1c2cc(OC)c(OC)cc2CC12NCCc1cc(OC)c(OC)cc12. The number of nitrogens with one attached hydrogen (secondary N) is 1. The lowest BCUT2D eigenvalue weighted by Crippen LogP contribution is -2.47. The van der Waals surface area contributed by atoms with Crippen molar-refractivity contribution < 1.29 is 18.9 Å². The van der Waals surface area contributed by atoms with Gasteiger partial charge in [-0.05, 0) is 64.9 Å². The molecule has 142 valence electrons. The van der Waals surface area contributed by atoms with E-state index in [4.69, 9.17) is 18.9 Å². The first-order chi connectivity index (χ1) is 13.1. The minimum absolute atomic E-state index is 0.354. The maximum atomic E-state index is 5.57. The van der Waals surface area contributed by atoms with E-state index in [-0.39, 0.29) is 5.54 Å². The first kappa shape index (κ1) is 17.7. The molecule has 2 aliphatic rings. The van der Waals surface area contributed by atoms with E-state index < -0.39 is 0 Å². The third kappa shape index (κ3) is 2.49. The summed E-state index contributed by atoms with van der Waals surface area (Å²) < 4.78 is 22.1. The molecule has 1 unspecified atom stereocenters. The Morgan fingerprint density at radius 2 is 1.37 bits per heavy atom. The fourth-order valence-corrected chi connectivity index (χ4v) is 4.43. The van der Waals surface area contributed by atoms with Gasteiger partial charge in [0.25, 0.3) is 0 Å². The number of hydrogen-bond acceptors (Lipinski definition) is 5. The molecular weight excluding hydrogens is 342 g/mol. The van der Waals surface area contributed by atoms with Crippen molar-refractivity contribution in [2.45, 2.75) is 18.4 Å². The van der Waals surface area contributed by atoms with Crippen molar-refractivity contribution in [2.75, 3.05) is 35.0 Å². The molecule has 2 aromatic carbocycles. The van der Waals surface area contributed by atoms with Gasteiger partial charge in [-0.2, -0.15) is 0 Å². The van der Waals surface area contributed by atoms with Crippen LogP contribution in [-0.2, 0) is 18.4 Å². The van der Waals surface area contributed by atoms with Gasteiger partial charge in [-0.25, -0.2) is 0 Å². The molecule has 2 aromatic rings. The standard InChI is InChI=1S/C22H25NO4/c1-13-16-10-20(26-4)19(25-3)9-15(16)12-22(13)17-11-21(27-5)18(24-2)8-14(17)6-7-23-22/h8-11,23H,1,6-7,12H2,2-5H3. The first-order valence-electron chi connectivity index (χ1n) is 9.03. The molecule has 0 saturated heterocycles. The summed E-state index contributed by atoms with van der Waals surface area (Å²) in [5, 5.41) is 3.73. The minimum atomic E-state index is -0.354. The Kier molecular flexibility index (Phi) is 4.27. The van der Waals surface area contributed by atoms with Gasteiger partial charge < -0.3 is 24.3 Å². The molecule has 5 heteroatoms. The van der Waals surface area contributed by atoms with Crippen LogP contribution in [0.2, 0.25) is 0 Å². The third-order valence-corrected chi connectivity index (χ3v) is 5.80. The van der Waals surface area contributed by atoms with Crippen LogP contribution in [0.1, 0.15) is 22.3 Å². The van der Waals surface area contributed by atoms with Gasteiger partial charge in [0.05, 0.1) is 34.0 Å².